The number of ether oxygens (including phenoxy) is 1. The van der Waals surface area contributed by atoms with Crippen molar-refractivity contribution < 1.29 is 14.3 Å². The molecule has 1 fully saturated rings. The number of hydrogen-bond donors (Lipinski definition) is 2. The molecule has 1 aliphatic carbocycles. The van der Waals surface area contributed by atoms with Crippen LogP contribution in [0.1, 0.15) is 12.8 Å². The van der Waals surface area contributed by atoms with E-state index >= 15 is 0 Å². The van der Waals surface area contributed by atoms with Crippen molar-refractivity contribution in [2.24, 2.45) is 5.92 Å². The maximum Gasteiger partial charge on any atom is 0.412 e. The third-order valence-electron chi connectivity index (χ3n) is 2.60. The van der Waals surface area contributed by atoms with Crippen molar-refractivity contribution in [3.05, 3.63) is 30.3 Å². The van der Waals surface area contributed by atoms with Crippen molar-refractivity contribution in [1.82, 2.24) is 10.6 Å². The van der Waals surface area contributed by atoms with Gasteiger partial charge in [-0.2, -0.15) is 0 Å². The van der Waals surface area contributed by atoms with E-state index in [1.54, 1.807) is 24.3 Å². The molecular formula is C13H16N2O3. The lowest BCUT2D eigenvalue weighted by molar-refractivity contribution is -0.122. The van der Waals surface area contributed by atoms with Crippen molar-refractivity contribution >= 4 is 12.0 Å². The fourth-order valence-corrected chi connectivity index (χ4v) is 1.47. The van der Waals surface area contributed by atoms with Gasteiger partial charge in [0.2, 0.25) is 5.91 Å². The van der Waals surface area contributed by atoms with E-state index in [9.17, 15) is 9.59 Å². The molecule has 1 aromatic carbocycles. The van der Waals surface area contributed by atoms with Gasteiger partial charge in [-0.1, -0.05) is 18.2 Å². The molecule has 18 heavy (non-hydrogen) atoms. The quantitative estimate of drug-likeness (QED) is 0.772. The van der Waals surface area contributed by atoms with E-state index < -0.39 is 6.09 Å². The zero-order chi connectivity index (χ0) is 12.8. The Labute approximate surface area is 106 Å². The third-order valence-corrected chi connectivity index (χ3v) is 2.60. The number of amides is 2. The minimum absolute atomic E-state index is 0.0771. The van der Waals surface area contributed by atoms with Crippen molar-refractivity contribution in [2.45, 2.75) is 12.8 Å². The van der Waals surface area contributed by atoms with E-state index in [0.717, 1.165) is 12.8 Å². The number of rotatable bonds is 5. The normalized spacial score (nSPS) is 13.8. The molecule has 0 radical (unpaired) electrons. The van der Waals surface area contributed by atoms with Crippen LogP contribution in [0.3, 0.4) is 0 Å². The molecule has 0 aromatic heterocycles. The highest BCUT2D eigenvalue weighted by Gasteiger charge is 2.28. The Morgan fingerprint density at radius 3 is 2.44 bits per heavy atom. The molecule has 2 N–H and O–H groups in total. The molecule has 2 amide bonds. The van der Waals surface area contributed by atoms with Crippen LogP contribution in [-0.2, 0) is 4.79 Å². The van der Waals surface area contributed by atoms with Gasteiger partial charge in [-0.05, 0) is 25.0 Å². The predicted molar refractivity (Wildman–Crippen MR) is 66.2 cm³/mol. The van der Waals surface area contributed by atoms with Crippen molar-refractivity contribution in [3.8, 4) is 5.75 Å². The molecule has 0 aliphatic heterocycles. The lowest BCUT2D eigenvalue weighted by Gasteiger charge is -2.07. The van der Waals surface area contributed by atoms with Gasteiger partial charge in [-0.25, -0.2) is 4.79 Å². The van der Waals surface area contributed by atoms with E-state index in [2.05, 4.69) is 10.6 Å². The van der Waals surface area contributed by atoms with Crippen molar-refractivity contribution in [3.63, 3.8) is 0 Å². The van der Waals surface area contributed by atoms with E-state index in [1.165, 1.54) is 0 Å². The molecule has 0 unspecified atom stereocenters. The molecule has 0 saturated heterocycles. The monoisotopic (exact) mass is 248 g/mol. The van der Waals surface area contributed by atoms with Crippen LogP contribution in [0.25, 0.3) is 0 Å². The van der Waals surface area contributed by atoms with Crippen molar-refractivity contribution in [1.29, 1.82) is 0 Å². The maximum absolute atomic E-state index is 11.4. The Hall–Kier alpha value is -2.04. The SMILES string of the molecule is O=C(NCCNC(=O)C1CC1)Oc1ccccc1. The van der Waals surface area contributed by atoms with E-state index in [1.807, 2.05) is 6.07 Å². The minimum atomic E-state index is -0.512. The molecule has 0 heterocycles. The van der Waals surface area contributed by atoms with Gasteiger partial charge in [-0.15, -0.1) is 0 Å². The van der Waals surface area contributed by atoms with Gasteiger partial charge in [0.1, 0.15) is 5.75 Å². The summed E-state index contributed by atoms with van der Waals surface area (Å²) in [4.78, 5) is 22.6. The molecule has 1 saturated carbocycles. The Bertz CT molecular complexity index is 416. The van der Waals surface area contributed by atoms with Crippen LogP contribution >= 0.6 is 0 Å². The number of carbonyl (C=O) groups excluding carboxylic acids is 2. The fraction of sp³-hybridized carbons (Fsp3) is 0.385. The number of nitrogens with one attached hydrogen (secondary N) is 2. The van der Waals surface area contributed by atoms with Gasteiger partial charge >= 0.3 is 6.09 Å². The lowest BCUT2D eigenvalue weighted by atomic mass is 10.3. The van der Waals surface area contributed by atoms with Crippen LogP contribution in [-0.4, -0.2) is 25.1 Å². The molecular weight excluding hydrogens is 232 g/mol. The summed E-state index contributed by atoms with van der Waals surface area (Å²) >= 11 is 0. The maximum atomic E-state index is 11.4. The fourth-order valence-electron chi connectivity index (χ4n) is 1.47. The summed E-state index contributed by atoms with van der Waals surface area (Å²) in [6.45, 7) is 0.795. The third kappa shape index (κ3) is 4.08. The Kier molecular flexibility index (Phi) is 4.17. The average molecular weight is 248 g/mol. The highest BCUT2D eigenvalue weighted by atomic mass is 16.6. The molecule has 5 nitrogen and oxygen atoms in total. The second-order valence-electron chi connectivity index (χ2n) is 4.19. The van der Waals surface area contributed by atoms with Crippen LogP contribution in [0.15, 0.2) is 30.3 Å². The zero-order valence-electron chi connectivity index (χ0n) is 10.0. The standard InChI is InChI=1S/C13H16N2O3/c16-12(10-6-7-10)14-8-9-15-13(17)18-11-4-2-1-3-5-11/h1-5,10H,6-9H2,(H,14,16)(H,15,17). The van der Waals surface area contributed by atoms with Gasteiger partial charge in [0, 0.05) is 19.0 Å². The van der Waals surface area contributed by atoms with Crippen LogP contribution < -0.4 is 15.4 Å². The van der Waals surface area contributed by atoms with Gasteiger partial charge in [0.15, 0.2) is 0 Å². The first kappa shape index (κ1) is 12.4. The molecule has 5 heteroatoms. The largest absolute Gasteiger partial charge is 0.412 e. The number of carbonyl (C=O) groups is 2. The van der Waals surface area contributed by atoms with Gasteiger partial charge < -0.3 is 15.4 Å². The lowest BCUT2D eigenvalue weighted by Crippen LogP contribution is -2.36. The van der Waals surface area contributed by atoms with Gasteiger partial charge in [-0.3, -0.25) is 4.79 Å². The second kappa shape index (κ2) is 6.05. The van der Waals surface area contributed by atoms with Crippen LogP contribution in [0.5, 0.6) is 5.75 Å². The summed E-state index contributed by atoms with van der Waals surface area (Å²) in [7, 11) is 0. The first-order valence-electron chi connectivity index (χ1n) is 6.04. The number of benzene rings is 1. The second-order valence-corrected chi connectivity index (χ2v) is 4.19. The molecule has 1 aromatic rings. The summed E-state index contributed by atoms with van der Waals surface area (Å²) in [5, 5.41) is 5.32. The predicted octanol–water partition coefficient (Wildman–Crippen LogP) is 1.30. The van der Waals surface area contributed by atoms with Crippen LogP contribution in [0.4, 0.5) is 4.79 Å². The first-order valence-corrected chi connectivity index (χ1v) is 6.04. The minimum Gasteiger partial charge on any atom is -0.410 e. The van der Waals surface area contributed by atoms with E-state index in [-0.39, 0.29) is 11.8 Å². The molecule has 0 atom stereocenters. The van der Waals surface area contributed by atoms with E-state index in [4.69, 9.17) is 4.74 Å². The van der Waals surface area contributed by atoms with Crippen molar-refractivity contribution in [2.75, 3.05) is 13.1 Å². The topological polar surface area (TPSA) is 67.4 Å². The van der Waals surface area contributed by atoms with Gasteiger partial charge in [0.25, 0.3) is 0 Å². The Balaban J connectivity index is 1.58. The highest BCUT2D eigenvalue weighted by molar-refractivity contribution is 5.80. The molecule has 96 valence electrons. The molecule has 0 bridgehead atoms. The summed E-state index contributed by atoms with van der Waals surface area (Å²) in [5.41, 5.74) is 0. The van der Waals surface area contributed by atoms with Crippen LogP contribution in [0, 0.1) is 5.92 Å². The highest BCUT2D eigenvalue weighted by Crippen LogP contribution is 2.28. The van der Waals surface area contributed by atoms with Gasteiger partial charge in [0.05, 0.1) is 0 Å². The summed E-state index contributed by atoms with van der Waals surface area (Å²) in [6.07, 6.45) is 1.45. The number of hydrogen-bond acceptors (Lipinski definition) is 3. The number of para-hydroxylation sites is 1. The average Bonchev–Trinajstić information content (AvgIpc) is 3.20. The molecule has 2 rings (SSSR count). The zero-order valence-corrected chi connectivity index (χ0v) is 10.0. The summed E-state index contributed by atoms with van der Waals surface area (Å²) in [6, 6.07) is 8.83. The van der Waals surface area contributed by atoms with Crippen LogP contribution in [0.2, 0.25) is 0 Å². The Morgan fingerprint density at radius 1 is 1.11 bits per heavy atom. The first-order chi connectivity index (χ1) is 8.75. The summed E-state index contributed by atoms with van der Waals surface area (Å²) in [5.74, 6) is 0.770. The summed E-state index contributed by atoms with van der Waals surface area (Å²) < 4.78 is 5.02. The Morgan fingerprint density at radius 2 is 1.78 bits per heavy atom. The molecule has 1 aliphatic rings. The van der Waals surface area contributed by atoms with E-state index in [0.29, 0.717) is 18.8 Å². The smallest absolute Gasteiger partial charge is 0.410 e. The molecule has 0 spiro atoms.